The minimum atomic E-state index is -0.543. The second kappa shape index (κ2) is 4.58. The van der Waals surface area contributed by atoms with Crippen molar-refractivity contribution in [1.82, 2.24) is 9.61 Å². The summed E-state index contributed by atoms with van der Waals surface area (Å²) < 4.78 is 1.60. The van der Waals surface area contributed by atoms with Crippen molar-refractivity contribution in [3.8, 4) is 0 Å². The highest BCUT2D eigenvalue weighted by Crippen LogP contribution is 2.27. The molecule has 2 heterocycles. The van der Waals surface area contributed by atoms with Crippen LogP contribution in [-0.4, -0.2) is 15.5 Å². The molecule has 3 aromatic rings. The lowest BCUT2D eigenvalue weighted by Crippen LogP contribution is -2.15. The monoisotopic (exact) mass is 267 g/mol. The number of carbonyl (C=O) groups excluding carboxylic acids is 1. The van der Waals surface area contributed by atoms with Gasteiger partial charge in [-0.05, 0) is 18.2 Å². The van der Waals surface area contributed by atoms with Crippen molar-refractivity contribution in [3.05, 3.63) is 54.4 Å². The van der Waals surface area contributed by atoms with Gasteiger partial charge in [0.15, 0.2) is 0 Å². The van der Waals surface area contributed by atoms with Crippen LogP contribution in [-0.2, 0) is 0 Å². The summed E-state index contributed by atoms with van der Waals surface area (Å²) in [5, 5.41) is 7.31. The van der Waals surface area contributed by atoms with Gasteiger partial charge in [-0.3, -0.25) is 4.79 Å². The van der Waals surface area contributed by atoms with E-state index < -0.39 is 5.91 Å². The standard InChI is InChI=1S/C14H13N5O/c15-9-6-12-13(18-10-4-2-1-3-5-10)11(14(16)20)7-17-19(12)8-9/h1-8,18H,15H2,(H2,16,20). The second-order valence-electron chi connectivity index (χ2n) is 4.39. The molecule has 0 fully saturated rings. The largest absolute Gasteiger partial charge is 0.397 e. The van der Waals surface area contributed by atoms with E-state index in [2.05, 4.69) is 10.4 Å². The van der Waals surface area contributed by atoms with Crippen LogP contribution in [0.1, 0.15) is 10.4 Å². The van der Waals surface area contributed by atoms with Gasteiger partial charge in [0.05, 0.1) is 34.8 Å². The number of nitrogen functional groups attached to an aromatic ring is 1. The number of aromatic nitrogens is 2. The summed E-state index contributed by atoms with van der Waals surface area (Å²) in [6.07, 6.45) is 3.11. The van der Waals surface area contributed by atoms with Crippen molar-refractivity contribution in [1.29, 1.82) is 0 Å². The van der Waals surface area contributed by atoms with Crippen molar-refractivity contribution in [2.45, 2.75) is 0 Å². The van der Waals surface area contributed by atoms with Crippen LogP contribution in [0.5, 0.6) is 0 Å². The fourth-order valence-electron chi connectivity index (χ4n) is 2.06. The molecule has 2 aromatic heterocycles. The van der Waals surface area contributed by atoms with E-state index in [1.165, 1.54) is 6.20 Å². The minimum absolute atomic E-state index is 0.319. The Morgan fingerprint density at radius 1 is 1.25 bits per heavy atom. The summed E-state index contributed by atoms with van der Waals surface area (Å²) in [5.41, 5.74) is 14.2. The number of benzene rings is 1. The Balaban J connectivity index is 2.19. The van der Waals surface area contributed by atoms with Gasteiger partial charge in [0.25, 0.3) is 5.91 Å². The molecule has 0 unspecified atom stereocenters. The summed E-state index contributed by atoms with van der Waals surface area (Å²) in [6, 6.07) is 11.2. The number of nitrogens with two attached hydrogens (primary N) is 2. The zero-order valence-corrected chi connectivity index (χ0v) is 10.6. The van der Waals surface area contributed by atoms with Crippen LogP contribution in [0.2, 0.25) is 0 Å². The number of para-hydroxylation sites is 1. The highest BCUT2D eigenvalue weighted by molar-refractivity contribution is 6.03. The third kappa shape index (κ3) is 2.03. The molecule has 6 heteroatoms. The average Bonchev–Trinajstić information content (AvgIpc) is 2.81. The summed E-state index contributed by atoms with van der Waals surface area (Å²) in [4.78, 5) is 11.6. The Kier molecular flexibility index (Phi) is 2.76. The third-order valence-electron chi connectivity index (χ3n) is 2.97. The number of nitrogens with one attached hydrogen (secondary N) is 1. The van der Waals surface area contributed by atoms with Crippen molar-refractivity contribution >= 4 is 28.5 Å². The van der Waals surface area contributed by atoms with E-state index >= 15 is 0 Å². The van der Waals surface area contributed by atoms with Crippen molar-refractivity contribution < 1.29 is 4.79 Å². The van der Waals surface area contributed by atoms with Crippen LogP contribution < -0.4 is 16.8 Å². The molecular weight excluding hydrogens is 254 g/mol. The van der Waals surface area contributed by atoms with Crippen molar-refractivity contribution in [2.75, 3.05) is 11.1 Å². The fraction of sp³-hybridized carbons (Fsp3) is 0. The van der Waals surface area contributed by atoms with Gasteiger partial charge in [0.2, 0.25) is 0 Å². The molecule has 6 nitrogen and oxygen atoms in total. The first kappa shape index (κ1) is 12.0. The SMILES string of the molecule is NC(=O)c1cnn2cc(N)cc2c1Nc1ccccc1. The molecule has 0 saturated carbocycles. The molecule has 100 valence electrons. The first-order valence-electron chi connectivity index (χ1n) is 6.04. The number of nitrogens with zero attached hydrogens (tertiary/aromatic N) is 2. The topological polar surface area (TPSA) is 98.4 Å². The first-order chi connectivity index (χ1) is 9.65. The quantitative estimate of drug-likeness (QED) is 0.673. The van der Waals surface area contributed by atoms with Gasteiger partial charge in [-0.25, -0.2) is 4.52 Å². The van der Waals surface area contributed by atoms with E-state index in [1.807, 2.05) is 30.3 Å². The van der Waals surface area contributed by atoms with E-state index in [4.69, 9.17) is 11.5 Å². The van der Waals surface area contributed by atoms with Gasteiger partial charge in [0, 0.05) is 5.69 Å². The maximum Gasteiger partial charge on any atom is 0.252 e. The van der Waals surface area contributed by atoms with E-state index in [1.54, 1.807) is 16.8 Å². The summed E-state index contributed by atoms with van der Waals surface area (Å²) in [7, 11) is 0. The summed E-state index contributed by atoms with van der Waals surface area (Å²) in [5.74, 6) is -0.543. The van der Waals surface area contributed by atoms with Crippen LogP contribution >= 0.6 is 0 Å². The highest BCUT2D eigenvalue weighted by atomic mass is 16.1. The van der Waals surface area contributed by atoms with Crippen molar-refractivity contribution in [2.24, 2.45) is 5.73 Å². The number of amides is 1. The van der Waals surface area contributed by atoms with Crippen LogP contribution in [0.3, 0.4) is 0 Å². The predicted octanol–water partition coefficient (Wildman–Crippen LogP) is 1.76. The second-order valence-corrected chi connectivity index (χ2v) is 4.39. The zero-order valence-electron chi connectivity index (χ0n) is 10.6. The number of hydrogen-bond donors (Lipinski definition) is 3. The molecular formula is C14H13N5O. The molecule has 3 rings (SSSR count). The molecule has 0 spiro atoms. The lowest BCUT2D eigenvalue weighted by molar-refractivity contribution is 0.100. The van der Waals surface area contributed by atoms with Gasteiger partial charge in [0.1, 0.15) is 0 Å². The van der Waals surface area contributed by atoms with Crippen LogP contribution in [0.4, 0.5) is 17.1 Å². The molecule has 0 aliphatic rings. The zero-order chi connectivity index (χ0) is 14.1. The maximum absolute atomic E-state index is 11.6. The van der Waals surface area contributed by atoms with Gasteiger partial charge in [-0.15, -0.1) is 0 Å². The Hall–Kier alpha value is -3.02. The van der Waals surface area contributed by atoms with Gasteiger partial charge in [-0.2, -0.15) is 5.10 Å². The maximum atomic E-state index is 11.6. The molecule has 1 amide bonds. The average molecular weight is 267 g/mol. The van der Waals surface area contributed by atoms with E-state index in [0.29, 0.717) is 22.5 Å². The number of anilines is 3. The third-order valence-corrected chi connectivity index (χ3v) is 2.97. The minimum Gasteiger partial charge on any atom is -0.397 e. The molecule has 0 aliphatic heterocycles. The normalized spacial score (nSPS) is 10.6. The number of fused-ring (bicyclic) bond motifs is 1. The van der Waals surface area contributed by atoms with Crippen LogP contribution in [0.25, 0.3) is 5.52 Å². The Morgan fingerprint density at radius 2 is 2.00 bits per heavy atom. The molecule has 20 heavy (non-hydrogen) atoms. The van der Waals surface area contributed by atoms with Crippen LogP contribution in [0.15, 0.2) is 48.8 Å². The Morgan fingerprint density at radius 3 is 2.70 bits per heavy atom. The molecule has 1 aromatic carbocycles. The summed E-state index contributed by atoms with van der Waals surface area (Å²) in [6.45, 7) is 0. The number of carbonyl (C=O) groups is 1. The number of rotatable bonds is 3. The Bertz CT molecular complexity index is 779. The van der Waals surface area contributed by atoms with Crippen molar-refractivity contribution in [3.63, 3.8) is 0 Å². The molecule has 0 bridgehead atoms. The smallest absolute Gasteiger partial charge is 0.252 e. The molecule has 0 radical (unpaired) electrons. The molecule has 0 atom stereocenters. The Labute approximate surface area is 115 Å². The molecule has 0 saturated heterocycles. The van der Waals surface area contributed by atoms with Gasteiger partial charge < -0.3 is 16.8 Å². The van der Waals surface area contributed by atoms with Gasteiger partial charge >= 0.3 is 0 Å². The van der Waals surface area contributed by atoms with Crippen LogP contribution in [0, 0.1) is 0 Å². The number of primary amides is 1. The van der Waals surface area contributed by atoms with E-state index in [9.17, 15) is 4.79 Å². The van der Waals surface area contributed by atoms with E-state index in [-0.39, 0.29) is 0 Å². The lowest BCUT2D eigenvalue weighted by Gasteiger charge is -2.11. The first-order valence-corrected chi connectivity index (χ1v) is 6.04. The summed E-state index contributed by atoms with van der Waals surface area (Å²) >= 11 is 0. The van der Waals surface area contributed by atoms with Gasteiger partial charge in [-0.1, -0.05) is 18.2 Å². The van der Waals surface area contributed by atoms with E-state index in [0.717, 1.165) is 5.69 Å². The highest BCUT2D eigenvalue weighted by Gasteiger charge is 2.14. The number of hydrogen-bond acceptors (Lipinski definition) is 4. The lowest BCUT2D eigenvalue weighted by atomic mass is 10.2. The molecule has 0 aliphatic carbocycles. The predicted molar refractivity (Wildman–Crippen MR) is 77.8 cm³/mol. The molecule has 5 N–H and O–H groups in total. The fourth-order valence-corrected chi connectivity index (χ4v) is 2.06.